The normalized spacial score (nSPS) is 13.3. The quantitative estimate of drug-likeness (QED) is 0.749. The Hall–Kier alpha value is -2.77. The van der Waals surface area contributed by atoms with E-state index < -0.39 is 0 Å². The summed E-state index contributed by atoms with van der Waals surface area (Å²) < 4.78 is 5.23. The van der Waals surface area contributed by atoms with Crippen molar-refractivity contribution in [2.75, 3.05) is 43.9 Å². The number of benzene rings is 2. The lowest BCUT2D eigenvalue weighted by molar-refractivity contribution is 0.102. The van der Waals surface area contributed by atoms with Gasteiger partial charge in [-0.3, -0.25) is 4.79 Å². The molecule has 3 amide bonds. The smallest absolute Gasteiger partial charge is 0.321 e. The highest BCUT2D eigenvalue weighted by Crippen LogP contribution is 2.23. The van der Waals surface area contributed by atoms with Crippen LogP contribution in [0, 0.1) is 0 Å². The first-order valence-electron chi connectivity index (χ1n) is 8.48. The molecule has 0 aromatic heterocycles. The highest BCUT2D eigenvalue weighted by molar-refractivity contribution is 6.05. The van der Waals surface area contributed by atoms with Crippen LogP contribution in [0.25, 0.3) is 0 Å². The van der Waals surface area contributed by atoms with Crippen LogP contribution < -0.4 is 20.7 Å². The number of methoxy groups -OCH3 is 1. The summed E-state index contributed by atoms with van der Waals surface area (Å²) in [5.74, 6) is 0.357. The molecule has 0 radical (unpaired) electrons. The largest absolute Gasteiger partial charge is 0.495 e. The molecule has 0 aliphatic carbocycles. The number of rotatable bonds is 4. The summed E-state index contributed by atoms with van der Waals surface area (Å²) in [6.45, 7) is 2.97. The van der Waals surface area contributed by atoms with Gasteiger partial charge >= 0.3 is 6.03 Å². The lowest BCUT2D eigenvalue weighted by Gasteiger charge is -2.27. The highest BCUT2D eigenvalue weighted by atomic mass is 35.5. The second-order valence-corrected chi connectivity index (χ2v) is 5.90. The summed E-state index contributed by atoms with van der Waals surface area (Å²) in [6.07, 6.45) is 0. The van der Waals surface area contributed by atoms with Crippen LogP contribution in [0.3, 0.4) is 0 Å². The fourth-order valence-electron chi connectivity index (χ4n) is 2.72. The van der Waals surface area contributed by atoms with E-state index in [1.165, 1.54) is 0 Å². The molecular formula is C19H23ClN4O3. The average molecular weight is 391 g/mol. The fraction of sp³-hybridized carbons (Fsp3) is 0.263. The second kappa shape index (κ2) is 9.80. The van der Waals surface area contributed by atoms with E-state index in [2.05, 4.69) is 16.0 Å². The van der Waals surface area contributed by atoms with Gasteiger partial charge in [0.05, 0.1) is 12.8 Å². The van der Waals surface area contributed by atoms with Gasteiger partial charge in [-0.2, -0.15) is 0 Å². The molecule has 8 heteroatoms. The molecule has 0 spiro atoms. The molecule has 144 valence electrons. The third kappa shape index (κ3) is 5.35. The van der Waals surface area contributed by atoms with E-state index in [1.54, 1.807) is 48.4 Å². The number of hydrogen-bond acceptors (Lipinski definition) is 4. The van der Waals surface area contributed by atoms with Crippen molar-refractivity contribution in [3.8, 4) is 5.75 Å². The molecule has 0 bridgehead atoms. The summed E-state index contributed by atoms with van der Waals surface area (Å²) >= 11 is 0. The number of para-hydroxylation sites is 2. The third-order valence-electron chi connectivity index (χ3n) is 4.16. The molecule has 0 atom stereocenters. The first-order chi connectivity index (χ1) is 12.7. The number of anilines is 2. The van der Waals surface area contributed by atoms with Gasteiger partial charge in [-0.1, -0.05) is 12.1 Å². The zero-order chi connectivity index (χ0) is 18.4. The molecule has 2 aromatic carbocycles. The summed E-state index contributed by atoms with van der Waals surface area (Å²) in [7, 11) is 1.56. The van der Waals surface area contributed by atoms with E-state index in [-0.39, 0.29) is 24.3 Å². The SMILES string of the molecule is COc1ccccc1NC(=O)c1ccc(NC(=O)N2CCNCC2)cc1.Cl. The van der Waals surface area contributed by atoms with Gasteiger partial charge in [0.25, 0.3) is 5.91 Å². The maximum Gasteiger partial charge on any atom is 0.321 e. The predicted octanol–water partition coefficient (Wildman–Crippen LogP) is 2.81. The third-order valence-corrected chi connectivity index (χ3v) is 4.16. The number of amides is 3. The van der Waals surface area contributed by atoms with Crippen LogP contribution in [0.15, 0.2) is 48.5 Å². The molecule has 1 heterocycles. The number of ether oxygens (including phenoxy) is 1. The summed E-state index contributed by atoms with van der Waals surface area (Å²) in [4.78, 5) is 26.3. The van der Waals surface area contributed by atoms with E-state index in [0.29, 0.717) is 35.8 Å². The lowest BCUT2D eigenvalue weighted by atomic mass is 10.2. The van der Waals surface area contributed by atoms with Crippen molar-refractivity contribution >= 4 is 35.7 Å². The zero-order valence-corrected chi connectivity index (χ0v) is 15.8. The Kier molecular flexibility index (Phi) is 7.45. The highest BCUT2D eigenvalue weighted by Gasteiger charge is 2.16. The van der Waals surface area contributed by atoms with E-state index in [1.807, 2.05) is 12.1 Å². The van der Waals surface area contributed by atoms with Crippen molar-refractivity contribution in [3.05, 3.63) is 54.1 Å². The van der Waals surface area contributed by atoms with Crippen LogP contribution in [0.5, 0.6) is 5.75 Å². The van der Waals surface area contributed by atoms with Crippen LogP contribution in [0.2, 0.25) is 0 Å². The van der Waals surface area contributed by atoms with Gasteiger partial charge in [-0.15, -0.1) is 12.4 Å². The maximum atomic E-state index is 12.4. The lowest BCUT2D eigenvalue weighted by Crippen LogP contribution is -2.48. The minimum absolute atomic E-state index is 0. The molecule has 3 N–H and O–H groups in total. The molecule has 1 saturated heterocycles. The van der Waals surface area contributed by atoms with Crippen LogP contribution in [0.4, 0.5) is 16.2 Å². The topological polar surface area (TPSA) is 82.7 Å². The Morgan fingerprint density at radius 3 is 2.33 bits per heavy atom. The van der Waals surface area contributed by atoms with Crippen molar-refractivity contribution in [1.29, 1.82) is 0 Å². The Balaban J connectivity index is 0.00000261. The molecule has 0 saturated carbocycles. The van der Waals surface area contributed by atoms with Crippen molar-refractivity contribution in [2.24, 2.45) is 0 Å². The van der Waals surface area contributed by atoms with Crippen LogP contribution in [-0.2, 0) is 0 Å². The molecular weight excluding hydrogens is 368 g/mol. The van der Waals surface area contributed by atoms with Gasteiger partial charge in [0.1, 0.15) is 5.75 Å². The Bertz CT molecular complexity index is 777. The van der Waals surface area contributed by atoms with E-state index in [0.717, 1.165) is 13.1 Å². The maximum absolute atomic E-state index is 12.4. The van der Waals surface area contributed by atoms with Gasteiger partial charge in [0.2, 0.25) is 0 Å². The minimum Gasteiger partial charge on any atom is -0.495 e. The van der Waals surface area contributed by atoms with E-state index in [4.69, 9.17) is 4.74 Å². The van der Waals surface area contributed by atoms with Crippen LogP contribution in [0.1, 0.15) is 10.4 Å². The molecule has 1 aliphatic heterocycles. The number of carbonyl (C=O) groups excluding carboxylic acids is 2. The number of nitrogens with zero attached hydrogens (tertiary/aromatic N) is 1. The monoisotopic (exact) mass is 390 g/mol. The first-order valence-corrected chi connectivity index (χ1v) is 8.48. The van der Waals surface area contributed by atoms with E-state index in [9.17, 15) is 9.59 Å². The standard InChI is InChI=1S/C19H22N4O3.ClH/c1-26-17-5-3-2-4-16(17)22-18(24)14-6-8-15(9-7-14)21-19(25)23-12-10-20-11-13-23;/h2-9,20H,10-13H2,1H3,(H,21,25)(H,22,24);1H. The van der Waals surface area contributed by atoms with Crippen LogP contribution >= 0.6 is 12.4 Å². The molecule has 2 aromatic rings. The summed E-state index contributed by atoms with van der Waals surface area (Å²) in [6, 6.07) is 13.9. The van der Waals surface area contributed by atoms with Gasteiger partial charge in [0, 0.05) is 37.4 Å². The number of nitrogens with one attached hydrogen (secondary N) is 3. The second-order valence-electron chi connectivity index (χ2n) is 5.90. The summed E-state index contributed by atoms with van der Waals surface area (Å²) in [5.41, 5.74) is 1.76. The molecule has 1 aliphatic rings. The first kappa shape index (κ1) is 20.5. The minimum atomic E-state index is -0.241. The van der Waals surface area contributed by atoms with Gasteiger partial charge < -0.3 is 25.6 Å². The number of hydrogen-bond donors (Lipinski definition) is 3. The Morgan fingerprint density at radius 2 is 1.67 bits per heavy atom. The van der Waals surface area contributed by atoms with Crippen molar-refractivity contribution in [2.45, 2.75) is 0 Å². The Morgan fingerprint density at radius 1 is 1.00 bits per heavy atom. The molecule has 7 nitrogen and oxygen atoms in total. The number of urea groups is 1. The summed E-state index contributed by atoms with van der Waals surface area (Å²) in [5, 5.41) is 8.88. The molecule has 27 heavy (non-hydrogen) atoms. The molecule has 3 rings (SSSR count). The van der Waals surface area contributed by atoms with Gasteiger partial charge in [-0.05, 0) is 36.4 Å². The Labute approximate surface area is 164 Å². The van der Waals surface area contributed by atoms with Crippen LogP contribution in [-0.4, -0.2) is 50.1 Å². The molecule has 1 fully saturated rings. The van der Waals surface area contributed by atoms with Crippen molar-refractivity contribution < 1.29 is 14.3 Å². The van der Waals surface area contributed by atoms with Crippen molar-refractivity contribution in [1.82, 2.24) is 10.2 Å². The predicted molar refractivity (Wildman–Crippen MR) is 108 cm³/mol. The van der Waals surface area contributed by atoms with Crippen molar-refractivity contribution in [3.63, 3.8) is 0 Å². The average Bonchev–Trinajstić information content (AvgIpc) is 2.69. The van der Waals surface area contributed by atoms with Gasteiger partial charge in [-0.25, -0.2) is 4.79 Å². The number of halogens is 1. The zero-order valence-electron chi connectivity index (χ0n) is 15.0. The van der Waals surface area contributed by atoms with E-state index >= 15 is 0 Å². The van der Waals surface area contributed by atoms with Gasteiger partial charge in [0.15, 0.2) is 0 Å². The molecule has 0 unspecified atom stereocenters. The number of carbonyl (C=O) groups is 2. The number of piperazine rings is 1. The fourth-order valence-corrected chi connectivity index (χ4v) is 2.72.